The zero-order chi connectivity index (χ0) is 27.4. The molecule has 0 aliphatic heterocycles. The quantitative estimate of drug-likeness (QED) is 0.248. The third-order valence-electron chi connectivity index (χ3n) is 6.09. The average molecular weight is 547 g/mol. The third kappa shape index (κ3) is 5.35. The van der Waals surface area contributed by atoms with E-state index in [1.165, 1.54) is 13.4 Å². The number of aryl methyl sites for hydroxylation is 1. The predicted molar refractivity (Wildman–Crippen MR) is 151 cm³/mol. The zero-order valence-electron chi connectivity index (χ0n) is 20.9. The number of carbonyl (C=O) groups excluding carboxylic acids is 1. The SMILES string of the molecule is COC(=O)c1ccccc1N(C)c1ncnc(Nc2cc(Cl)c(C(C#N)c3ccc(Cl)cc3)cc2C)c1N. The van der Waals surface area contributed by atoms with Crippen molar-refractivity contribution >= 4 is 57.9 Å². The van der Waals surface area contributed by atoms with Crippen molar-refractivity contribution in [2.24, 2.45) is 0 Å². The number of halogens is 2. The summed E-state index contributed by atoms with van der Waals surface area (Å²) < 4.78 is 4.91. The van der Waals surface area contributed by atoms with E-state index in [1.54, 1.807) is 54.4 Å². The molecule has 0 bridgehead atoms. The lowest BCUT2D eigenvalue weighted by atomic mass is 9.91. The van der Waals surface area contributed by atoms with Crippen LogP contribution in [0.15, 0.2) is 67.0 Å². The molecule has 0 aliphatic rings. The number of nitrogens with two attached hydrogens (primary N) is 1. The highest BCUT2D eigenvalue weighted by Crippen LogP contribution is 2.37. The van der Waals surface area contributed by atoms with Gasteiger partial charge < -0.3 is 20.7 Å². The van der Waals surface area contributed by atoms with Crippen molar-refractivity contribution < 1.29 is 9.53 Å². The second-order valence-corrected chi connectivity index (χ2v) is 9.30. The van der Waals surface area contributed by atoms with Gasteiger partial charge in [-0.05, 0) is 53.9 Å². The minimum atomic E-state index is -0.563. The summed E-state index contributed by atoms with van der Waals surface area (Å²) >= 11 is 12.7. The van der Waals surface area contributed by atoms with Gasteiger partial charge in [-0.2, -0.15) is 5.26 Å². The first-order valence-electron chi connectivity index (χ1n) is 11.5. The molecule has 0 saturated heterocycles. The van der Waals surface area contributed by atoms with Crippen molar-refractivity contribution in [2.75, 3.05) is 30.1 Å². The second kappa shape index (κ2) is 11.4. The number of hydrogen-bond donors (Lipinski definition) is 2. The van der Waals surface area contributed by atoms with E-state index in [0.717, 1.165) is 11.1 Å². The Morgan fingerprint density at radius 3 is 2.53 bits per heavy atom. The van der Waals surface area contributed by atoms with E-state index in [1.807, 2.05) is 25.1 Å². The molecule has 192 valence electrons. The van der Waals surface area contributed by atoms with Crippen molar-refractivity contribution in [3.63, 3.8) is 0 Å². The largest absolute Gasteiger partial charge is 0.465 e. The lowest BCUT2D eigenvalue weighted by Crippen LogP contribution is -2.18. The lowest BCUT2D eigenvalue weighted by Gasteiger charge is -2.23. The molecule has 0 spiro atoms. The van der Waals surface area contributed by atoms with E-state index in [4.69, 9.17) is 33.7 Å². The Bertz CT molecular complexity index is 1540. The predicted octanol–water partition coefficient (Wildman–Crippen LogP) is 6.63. The number of esters is 1. The summed E-state index contributed by atoms with van der Waals surface area (Å²) in [4.78, 5) is 22.6. The maximum absolute atomic E-state index is 12.3. The van der Waals surface area contributed by atoms with Crippen LogP contribution in [0.3, 0.4) is 0 Å². The third-order valence-corrected chi connectivity index (χ3v) is 6.67. The Morgan fingerprint density at radius 2 is 1.84 bits per heavy atom. The van der Waals surface area contributed by atoms with Crippen LogP contribution in [0.2, 0.25) is 10.0 Å². The van der Waals surface area contributed by atoms with Crippen molar-refractivity contribution in [3.05, 3.63) is 99.3 Å². The maximum Gasteiger partial charge on any atom is 0.339 e. The molecular formula is C28H24Cl2N6O2. The molecule has 1 atom stereocenters. The number of anilines is 5. The molecule has 0 saturated carbocycles. The number of benzene rings is 3. The van der Waals surface area contributed by atoms with Crippen LogP contribution in [0.5, 0.6) is 0 Å². The number of nitrogens with one attached hydrogen (secondary N) is 1. The van der Waals surface area contributed by atoms with Crippen molar-refractivity contribution in [3.8, 4) is 6.07 Å². The summed E-state index contributed by atoms with van der Waals surface area (Å²) in [6.07, 6.45) is 1.38. The van der Waals surface area contributed by atoms with Gasteiger partial charge in [-0.15, -0.1) is 0 Å². The summed E-state index contributed by atoms with van der Waals surface area (Å²) in [5.74, 6) is -0.282. The van der Waals surface area contributed by atoms with Crippen LogP contribution in [0.4, 0.5) is 28.7 Å². The normalized spacial score (nSPS) is 11.4. The monoisotopic (exact) mass is 546 g/mol. The highest BCUT2D eigenvalue weighted by molar-refractivity contribution is 6.32. The van der Waals surface area contributed by atoms with Crippen molar-refractivity contribution in [1.29, 1.82) is 5.26 Å². The molecule has 0 fully saturated rings. The van der Waals surface area contributed by atoms with Gasteiger partial charge in [0.1, 0.15) is 12.0 Å². The molecule has 0 aliphatic carbocycles. The highest BCUT2D eigenvalue weighted by Gasteiger charge is 2.21. The van der Waals surface area contributed by atoms with Gasteiger partial charge in [0, 0.05) is 22.8 Å². The first kappa shape index (κ1) is 26.7. The van der Waals surface area contributed by atoms with Crippen molar-refractivity contribution in [1.82, 2.24) is 9.97 Å². The van der Waals surface area contributed by atoms with Gasteiger partial charge in [0.2, 0.25) is 0 Å². The van der Waals surface area contributed by atoms with Gasteiger partial charge in [0.25, 0.3) is 0 Å². The Balaban J connectivity index is 1.66. The summed E-state index contributed by atoms with van der Waals surface area (Å²) in [7, 11) is 3.08. The number of ether oxygens (including phenoxy) is 1. The number of para-hydroxylation sites is 1. The Kier molecular flexibility index (Phi) is 8.01. The molecule has 0 amide bonds. The summed E-state index contributed by atoms with van der Waals surface area (Å²) in [5.41, 5.74) is 10.7. The number of carbonyl (C=O) groups is 1. The average Bonchev–Trinajstić information content (AvgIpc) is 2.93. The van der Waals surface area contributed by atoms with E-state index in [0.29, 0.717) is 44.2 Å². The minimum Gasteiger partial charge on any atom is -0.465 e. The molecule has 3 aromatic carbocycles. The molecule has 38 heavy (non-hydrogen) atoms. The number of rotatable bonds is 7. The van der Waals surface area contributed by atoms with Crippen LogP contribution in [0, 0.1) is 18.3 Å². The highest BCUT2D eigenvalue weighted by atomic mass is 35.5. The smallest absolute Gasteiger partial charge is 0.339 e. The Labute approximate surface area is 230 Å². The molecular weight excluding hydrogens is 523 g/mol. The van der Waals surface area contributed by atoms with Crippen LogP contribution in [-0.4, -0.2) is 30.1 Å². The van der Waals surface area contributed by atoms with Gasteiger partial charge in [-0.1, -0.05) is 53.5 Å². The Hall–Kier alpha value is -4.32. The van der Waals surface area contributed by atoms with Gasteiger partial charge in [-0.3, -0.25) is 0 Å². The fourth-order valence-corrected chi connectivity index (χ4v) is 4.48. The van der Waals surface area contributed by atoms with Crippen LogP contribution < -0.4 is 16.0 Å². The first-order chi connectivity index (χ1) is 18.2. The first-order valence-corrected chi connectivity index (χ1v) is 12.2. The summed E-state index contributed by atoms with van der Waals surface area (Å²) in [6, 6.07) is 20.0. The fourth-order valence-electron chi connectivity index (χ4n) is 4.08. The zero-order valence-corrected chi connectivity index (χ0v) is 22.4. The van der Waals surface area contributed by atoms with Gasteiger partial charge in [0.05, 0.1) is 30.3 Å². The number of aromatic nitrogens is 2. The molecule has 1 aromatic heterocycles. The van der Waals surface area contributed by atoms with Crippen LogP contribution in [0.25, 0.3) is 0 Å². The standard InChI is InChI=1S/C28H24Cl2N6O2/c1-16-12-20(21(14-31)17-8-10-18(29)11-9-17)22(30)13-23(16)35-26-25(32)27(34-15-33-26)36(2)24-7-5-4-6-19(24)28(37)38-3/h4-13,15,21H,32H2,1-3H3,(H,33,34,35). The molecule has 0 radical (unpaired) electrons. The number of nitrogen functional groups attached to an aromatic ring is 1. The molecule has 3 N–H and O–H groups in total. The van der Waals surface area contributed by atoms with E-state index in [-0.39, 0.29) is 5.69 Å². The maximum atomic E-state index is 12.3. The van der Waals surface area contributed by atoms with Gasteiger partial charge >= 0.3 is 5.97 Å². The minimum absolute atomic E-state index is 0.269. The van der Waals surface area contributed by atoms with E-state index >= 15 is 0 Å². The molecule has 10 heteroatoms. The van der Waals surface area contributed by atoms with Crippen LogP contribution in [0.1, 0.15) is 33.0 Å². The summed E-state index contributed by atoms with van der Waals surface area (Å²) in [6.45, 7) is 1.90. The molecule has 1 unspecified atom stereocenters. The van der Waals surface area contributed by atoms with E-state index in [9.17, 15) is 10.1 Å². The number of hydrogen-bond acceptors (Lipinski definition) is 8. The number of methoxy groups -OCH3 is 1. The number of nitriles is 1. The number of nitrogens with zero attached hydrogens (tertiary/aromatic N) is 4. The molecule has 4 aromatic rings. The fraction of sp³-hybridized carbons (Fsp3) is 0.143. The van der Waals surface area contributed by atoms with Crippen LogP contribution >= 0.6 is 23.2 Å². The summed E-state index contributed by atoms with van der Waals surface area (Å²) in [5, 5.41) is 14.1. The Morgan fingerprint density at radius 1 is 1.13 bits per heavy atom. The van der Waals surface area contributed by atoms with Gasteiger partial charge in [0.15, 0.2) is 11.6 Å². The van der Waals surface area contributed by atoms with E-state index in [2.05, 4.69) is 21.4 Å². The molecule has 4 rings (SSSR count). The second-order valence-electron chi connectivity index (χ2n) is 8.45. The topological polar surface area (TPSA) is 117 Å². The van der Waals surface area contributed by atoms with Crippen molar-refractivity contribution in [2.45, 2.75) is 12.8 Å². The van der Waals surface area contributed by atoms with Crippen LogP contribution in [-0.2, 0) is 4.74 Å². The molecule has 8 nitrogen and oxygen atoms in total. The van der Waals surface area contributed by atoms with Gasteiger partial charge in [-0.25, -0.2) is 14.8 Å². The van der Waals surface area contributed by atoms with E-state index < -0.39 is 11.9 Å². The molecule has 1 heterocycles. The lowest BCUT2D eigenvalue weighted by molar-refractivity contribution is 0.0601.